The van der Waals surface area contributed by atoms with Crippen molar-refractivity contribution in [1.82, 2.24) is 0 Å². The van der Waals surface area contributed by atoms with Gasteiger partial charge in [-0.15, -0.1) is 0 Å². The van der Waals surface area contributed by atoms with Crippen LogP contribution in [0.4, 0.5) is 10.5 Å². The molecule has 1 amide bonds. The predicted octanol–water partition coefficient (Wildman–Crippen LogP) is 2.15. The highest BCUT2D eigenvalue weighted by molar-refractivity contribution is 5.90. The van der Waals surface area contributed by atoms with Crippen LogP contribution < -0.4 is 15.4 Å². The fourth-order valence-corrected chi connectivity index (χ4v) is 2.26. The largest absolute Gasteiger partial charge is 0.497 e. The van der Waals surface area contributed by atoms with Crippen LogP contribution in [0.2, 0.25) is 0 Å². The third kappa shape index (κ3) is 2.98. The number of nitrogens with two attached hydrogens (primary N) is 1. The van der Waals surface area contributed by atoms with Gasteiger partial charge >= 0.3 is 6.09 Å². The molecule has 0 saturated carbocycles. The van der Waals surface area contributed by atoms with Crippen LogP contribution in [0.15, 0.2) is 24.3 Å². The van der Waals surface area contributed by atoms with Gasteiger partial charge in [0.15, 0.2) is 0 Å². The average molecular weight is 264 g/mol. The van der Waals surface area contributed by atoms with Gasteiger partial charge in [0.2, 0.25) is 0 Å². The highest BCUT2D eigenvalue weighted by Gasteiger charge is 2.41. The maximum Gasteiger partial charge on any atom is 0.415 e. The Morgan fingerprint density at radius 3 is 2.68 bits per heavy atom. The summed E-state index contributed by atoms with van der Waals surface area (Å²) in [4.78, 5) is 13.6. The van der Waals surface area contributed by atoms with Gasteiger partial charge in [-0.3, -0.25) is 4.90 Å². The van der Waals surface area contributed by atoms with Gasteiger partial charge in [-0.25, -0.2) is 4.79 Å². The Morgan fingerprint density at radius 1 is 1.42 bits per heavy atom. The topological polar surface area (TPSA) is 64.8 Å². The molecular formula is C14H20N2O3. The number of carbonyl (C=O) groups excluding carboxylic acids is 1. The van der Waals surface area contributed by atoms with Gasteiger partial charge in [0.05, 0.1) is 13.7 Å². The summed E-state index contributed by atoms with van der Waals surface area (Å²) in [6.45, 7) is 3.11. The quantitative estimate of drug-likeness (QED) is 0.885. The van der Waals surface area contributed by atoms with Crippen LogP contribution in [0.1, 0.15) is 19.8 Å². The number of anilines is 1. The monoisotopic (exact) mass is 264 g/mol. The zero-order chi connectivity index (χ0) is 13.9. The lowest BCUT2D eigenvalue weighted by Gasteiger charge is -2.21. The molecule has 2 N–H and O–H groups in total. The minimum atomic E-state index is -0.448. The van der Waals surface area contributed by atoms with Crippen LogP contribution in [0, 0.1) is 0 Å². The van der Waals surface area contributed by atoms with Gasteiger partial charge in [-0.1, -0.05) is 0 Å². The second-order valence-corrected chi connectivity index (χ2v) is 4.99. The molecule has 1 saturated heterocycles. The van der Waals surface area contributed by atoms with E-state index < -0.39 is 5.60 Å². The molecule has 1 aliphatic rings. The number of rotatable bonds is 5. The zero-order valence-corrected chi connectivity index (χ0v) is 11.4. The summed E-state index contributed by atoms with van der Waals surface area (Å²) in [5, 5.41) is 0. The first-order chi connectivity index (χ1) is 9.08. The molecule has 1 aromatic carbocycles. The number of ether oxygens (including phenoxy) is 2. The minimum absolute atomic E-state index is 0.301. The van der Waals surface area contributed by atoms with Gasteiger partial charge in [-0.05, 0) is 50.6 Å². The molecule has 2 rings (SSSR count). The van der Waals surface area contributed by atoms with E-state index in [0.29, 0.717) is 13.1 Å². The van der Waals surface area contributed by atoms with Crippen LogP contribution in [0.5, 0.6) is 5.75 Å². The summed E-state index contributed by atoms with van der Waals surface area (Å²) in [5.74, 6) is 0.766. The van der Waals surface area contributed by atoms with Crippen molar-refractivity contribution in [1.29, 1.82) is 0 Å². The lowest BCUT2D eigenvalue weighted by atomic mass is 10.00. The molecule has 1 atom stereocenters. The van der Waals surface area contributed by atoms with E-state index in [0.717, 1.165) is 24.3 Å². The van der Waals surface area contributed by atoms with Gasteiger partial charge < -0.3 is 15.2 Å². The molecule has 1 aliphatic heterocycles. The number of amides is 1. The number of cyclic esters (lactones) is 1. The summed E-state index contributed by atoms with van der Waals surface area (Å²) < 4.78 is 10.6. The normalized spacial score (nSPS) is 22.5. The second kappa shape index (κ2) is 5.48. The summed E-state index contributed by atoms with van der Waals surface area (Å²) in [7, 11) is 1.61. The number of carbonyl (C=O) groups is 1. The molecule has 1 unspecified atom stereocenters. The summed E-state index contributed by atoms with van der Waals surface area (Å²) in [5.41, 5.74) is 5.88. The van der Waals surface area contributed by atoms with Crippen molar-refractivity contribution in [2.75, 3.05) is 25.1 Å². The third-order valence-electron chi connectivity index (χ3n) is 3.34. The maximum atomic E-state index is 11.9. The molecule has 104 valence electrons. The van der Waals surface area contributed by atoms with E-state index in [9.17, 15) is 4.79 Å². The van der Waals surface area contributed by atoms with E-state index in [1.807, 2.05) is 31.2 Å². The Bertz CT molecular complexity index is 447. The van der Waals surface area contributed by atoms with Crippen LogP contribution in [-0.4, -0.2) is 31.9 Å². The Kier molecular flexibility index (Phi) is 3.95. The van der Waals surface area contributed by atoms with Gasteiger partial charge in [0.25, 0.3) is 0 Å². The fraction of sp³-hybridized carbons (Fsp3) is 0.500. The predicted molar refractivity (Wildman–Crippen MR) is 73.5 cm³/mol. The molecule has 0 bridgehead atoms. The number of nitrogens with zero attached hydrogens (tertiary/aromatic N) is 1. The van der Waals surface area contributed by atoms with E-state index >= 15 is 0 Å². The molecule has 0 spiro atoms. The van der Waals surface area contributed by atoms with E-state index in [-0.39, 0.29) is 6.09 Å². The Morgan fingerprint density at radius 2 is 2.11 bits per heavy atom. The molecule has 19 heavy (non-hydrogen) atoms. The molecule has 0 aromatic heterocycles. The first-order valence-electron chi connectivity index (χ1n) is 6.42. The molecule has 0 aliphatic carbocycles. The number of benzene rings is 1. The number of methoxy groups -OCH3 is 1. The molecule has 1 aromatic rings. The van der Waals surface area contributed by atoms with Crippen molar-refractivity contribution in [3.8, 4) is 5.75 Å². The second-order valence-electron chi connectivity index (χ2n) is 4.99. The van der Waals surface area contributed by atoms with Crippen molar-refractivity contribution < 1.29 is 14.3 Å². The summed E-state index contributed by atoms with van der Waals surface area (Å²) in [6.07, 6.45) is 1.33. The van der Waals surface area contributed by atoms with E-state index in [4.69, 9.17) is 15.2 Å². The SMILES string of the molecule is COc1ccc(N2CC(C)(CCCN)OC2=O)cc1. The highest BCUT2D eigenvalue weighted by Crippen LogP contribution is 2.31. The smallest absolute Gasteiger partial charge is 0.415 e. The fourth-order valence-electron chi connectivity index (χ4n) is 2.26. The number of hydrogen-bond acceptors (Lipinski definition) is 4. The third-order valence-corrected chi connectivity index (χ3v) is 3.34. The lowest BCUT2D eigenvalue weighted by Crippen LogP contribution is -2.31. The van der Waals surface area contributed by atoms with E-state index in [2.05, 4.69) is 0 Å². The van der Waals surface area contributed by atoms with Crippen LogP contribution >= 0.6 is 0 Å². The first-order valence-corrected chi connectivity index (χ1v) is 6.42. The van der Waals surface area contributed by atoms with Crippen molar-refractivity contribution in [3.63, 3.8) is 0 Å². The van der Waals surface area contributed by atoms with Crippen LogP contribution in [0.3, 0.4) is 0 Å². The molecule has 0 radical (unpaired) electrons. The minimum Gasteiger partial charge on any atom is -0.497 e. The van der Waals surface area contributed by atoms with Gasteiger partial charge in [0, 0.05) is 5.69 Å². The molecule has 1 heterocycles. The highest BCUT2D eigenvalue weighted by atomic mass is 16.6. The average Bonchev–Trinajstić information content (AvgIpc) is 2.72. The summed E-state index contributed by atoms with van der Waals surface area (Å²) >= 11 is 0. The van der Waals surface area contributed by atoms with Gasteiger partial charge in [-0.2, -0.15) is 0 Å². The lowest BCUT2D eigenvalue weighted by molar-refractivity contribution is 0.0640. The first kappa shape index (κ1) is 13.7. The van der Waals surface area contributed by atoms with Crippen molar-refractivity contribution in [2.45, 2.75) is 25.4 Å². The van der Waals surface area contributed by atoms with Crippen LogP contribution in [-0.2, 0) is 4.74 Å². The van der Waals surface area contributed by atoms with E-state index in [1.165, 1.54) is 0 Å². The Hall–Kier alpha value is -1.75. The number of hydrogen-bond donors (Lipinski definition) is 1. The molecule has 5 heteroatoms. The maximum absolute atomic E-state index is 11.9. The summed E-state index contributed by atoms with van der Waals surface area (Å²) in [6, 6.07) is 7.37. The standard InChI is InChI=1S/C14H20N2O3/c1-14(8-3-9-15)10-16(13(17)19-14)11-4-6-12(18-2)7-5-11/h4-7H,3,8-10,15H2,1-2H3. The van der Waals surface area contributed by atoms with Crippen LogP contribution in [0.25, 0.3) is 0 Å². The molecule has 5 nitrogen and oxygen atoms in total. The van der Waals surface area contributed by atoms with Crippen molar-refractivity contribution in [2.24, 2.45) is 5.73 Å². The molecular weight excluding hydrogens is 244 g/mol. The molecule has 1 fully saturated rings. The zero-order valence-electron chi connectivity index (χ0n) is 11.4. The Labute approximate surface area is 113 Å². The van der Waals surface area contributed by atoms with Gasteiger partial charge in [0.1, 0.15) is 11.4 Å². The van der Waals surface area contributed by atoms with Crippen molar-refractivity contribution >= 4 is 11.8 Å². The van der Waals surface area contributed by atoms with Crippen molar-refractivity contribution in [3.05, 3.63) is 24.3 Å². The van der Waals surface area contributed by atoms with E-state index in [1.54, 1.807) is 12.0 Å². The Balaban J connectivity index is 2.10.